The molecule has 0 bridgehead atoms. The predicted octanol–water partition coefficient (Wildman–Crippen LogP) is 5.17. The maximum Gasteiger partial charge on any atom is 0.0624 e. The Morgan fingerprint density at radius 2 is 1.67 bits per heavy atom. The number of nitrogens with zero attached hydrogens (tertiary/aromatic N) is 1. The van der Waals surface area contributed by atoms with Gasteiger partial charge in [0.2, 0.25) is 0 Å². The fourth-order valence-electron chi connectivity index (χ4n) is 2.73. The van der Waals surface area contributed by atoms with Crippen molar-refractivity contribution in [3.05, 3.63) is 69.2 Å². The van der Waals surface area contributed by atoms with Crippen LogP contribution >= 0.6 is 23.2 Å². The third-order valence-electron chi connectivity index (χ3n) is 4.22. The summed E-state index contributed by atoms with van der Waals surface area (Å²) in [6.45, 7) is 7.26. The third kappa shape index (κ3) is 5.49. The van der Waals surface area contributed by atoms with Crippen LogP contribution in [0.5, 0.6) is 0 Å². The van der Waals surface area contributed by atoms with Gasteiger partial charge in [-0.15, -0.1) is 0 Å². The molecule has 0 saturated carbocycles. The first-order valence-corrected chi connectivity index (χ1v) is 9.16. The van der Waals surface area contributed by atoms with Crippen LogP contribution in [0, 0.1) is 0 Å². The van der Waals surface area contributed by atoms with E-state index in [0.717, 1.165) is 31.6 Å². The molecule has 0 aliphatic carbocycles. The summed E-state index contributed by atoms with van der Waals surface area (Å²) in [6, 6.07) is 15.1. The van der Waals surface area contributed by atoms with Crippen molar-refractivity contribution in [2.75, 3.05) is 13.6 Å². The summed E-state index contributed by atoms with van der Waals surface area (Å²) < 4.78 is 0. The highest BCUT2D eigenvalue weighted by atomic mass is 35.5. The Labute approximate surface area is 155 Å². The summed E-state index contributed by atoms with van der Waals surface area (Å²) in [4.78, 5) is 2.46. The van der Waals surface area contributed by atoms with Crippen molar-refractivity contribution in [2.45, 2.75) is 39.4 Å². The van der Waals surface area contributed by atoms with Crippen LogP contribution in [0.4, 0.5) is 0 Å². The molecule has 24 heavy (non-hydrogen) atoms. The van der Waals surface area contributed by atoms with E-state index >= 15 is 0 Å². The Morgan fingerprint density at radius 1 is 1.00 bits per heavy atom. The molecule has 2 rings (SSSR count). The maximum absolute atomic E-state index is 6.31. The Morgan fingerprint density at radius 3 is 2.29 bits per heavy atom. The Balaban J connectivity index is 2.00. The minimum absolute atomic E-state index is 0.472. The van der Waals surface area contributed by atoms with E-state index in [2.05, 4.69) is 54.4 Å². The molecule has 0 heterocycles. The number of rotatable bonds is 8. The minimum atomic E-state index is 0.472. The molecule has 0 amide bonds. The van der Waals surface area contributed by atoms with E-state index in [0.29, 0.717) is 16.1 Å². The van der Waals surface area contributed by atoms with Gasteiger partial charge in [-0.05, 0) is 50.1 Å². The van der Waals surface area contributed by atoms with Crippen molar-refractivity contribution in [2.24, 2.45) is 0 Å². The third-order valence-corrected chi connectivity index (χ3v) is 5.08. The zero-order chi connectivity index (χ0) is 17.5. The van der Waals surface area contributed by atoms with Crippen LogP contribution in [0.3, 0.4) is 0 Å². The van der Waals surface area contributed by atoms with Gasteiger partial charge < -0.3 is 5.32 Å². The topological polar surface area (TPSA) is 15.3 Å². The highest BCUT2D eigenvalue weighted by molar-refractivity contribution is 6.42. The fraction of sp³-hybridized carbons (Fsp3) is 0.400. The van der Waals surface area contributed by atoms with E-state index in [1.807, 2.05) is 19.2 Å². The van der Waals surface area contributed by atoms with Crippen LogP contribution in [-0.4, -0.2) is 24.5 Å². The molecule has 2 aromatic rings. The van der Waals surface area contributed by atoms with Gasteiger partial charge in [0.25, 0.3) is 0 Å². The van der Waals surface area contributed by atoms with E-state index in [-0.39, 0.29) is 0 Å². The lowest BCUT2D eigenvalue weighted by Gasteiger charge is -2.27. The highest BCUT2D eigenvalue weighted by Gasteiger charge is 2.12. The van der Waals surface area contributed by atoms with Gasteiger partial charge in [-0.2, -0.15) is 0 Å². The molecule has 0 saturated heterocycles. The molecule has 0 aromatic heterocycles. The van der Waals surface area contributed by atoms with Crippen LogP contribution < -0.4 is 5.32 Å². The lowest BCUT2D eigenvalue weighted by atomic mass is 10.1. The van der Waals surface area contributed by atoms with Crippen molar-refractivity contribution >= 4 is 23.2 Å². The quantitative estimate of drug-likeness (QED) is 0.695. The first-order valence-electron chi connectivity index (χ1n) is 8.40. The van der Waals surface area contributed by atoms with Crippen molar-refractivity contribution in [3.63, 3.8) is 0 Å². The van der Waals surface area contributed by atoms with Gasteiger partial charge in [0.15, 0.2) is 0 Å². The molecule has 0 aliphatic heterocycles. The average Bonchev–Trinajstić information content (AvgIpc) is 2.56. The summed E-state index contributed by atoms with van der Waals surface area (Å²) in [7, 11) is 1.97. The predicted molar refractivity (Wildman–Crippen MR) is 105 cm³/mol. The van der Waals surface area contributed by atoms with Crippen molar-refractivity contribution < 1.29 is 0 Å². The van der Waals surface area contributed by atoms with Crippen molar-refractivity contribution in [1.82, 2.24) is 10.2 Å². The molecule has 2 aromatic carbocycles. The first kappa shape index (κ1) is 19.3. The zero-order valence-corrected chi connectivity index (χ0v) is 16.2. The molecule has 0 aliphatic rings. The maximum atomic E-state index is 6.31. The monoisotopic (exact) mass is 364 g/mol. The molecule has 0 atom stereocenters. The van der Waals surface area contributed by atoms with E-state index in [1.54, 1.807) is 0 Å². The second kappa shape index (κ2) is 9.43. The van der Waals surface area contributed by atoms with Gasteiger partial charge in [0.1, 0.15) is 0 Å². The van der Waals surface area contributed by atoms with Crippen LogP contribution in [0.25, 0.3) is 0 Å². The van der Waals surface area contributed by atoms with Crippen LogP contribution in [0.2, 0.25) is 10.0 Å². The molecule has 0 unspecified atom stereocenters. The van der Waals surface area contributed by atoms with E-state index in [9.17, 15) is 0 Å². The molecular formula is C20H26Cl2N2. The average molecular weight is 365 g/mol. The number of halogens is 2. The summed E-state index contributed by atoms with van der Waals surface area (Å²) in [5.41, 5.74) is 3.75. The highest BCUT2D eigenvalue weighted by Crippen LogP contribution is 2.26. The van der Waals surface area contributed by atoms with Crippen molar-refractivity contribution in [1.29, 1.82) is 0 Å². The van der Waals surface area contributed by atoms with Gasteiger partial charge in [0.05, 0.1) is 10.0 Å². The minimum Gasteiger partial charge on any atom is -0.316 e. The molecule has 2 nitrogen and oxygen atoms in total. The van der Waals surface area contributed by atoms with Gasteiger partial charge in [-0.1, -0.05) is 59.6 Å². The molecule has 4 heteroatoms. The second-order valence-corrected chi connectivity index (χ2v) is 7.16. The lowest BCUT2D eigenvalue weighted by molar-refractivity contribution is 0.215. The molecule has 0 spiro atoms. The van der Waals surface area contributed by atoms with Crippen LogP contribution in [0.1, 0.15) is 30.5 Å². The number of benzene rings is 2. The summed E-state index contributed by atoms with van der Waals surface area (Å²) in [6.07, 6.45) is 0.898. The summed E-state index contributed by atoms with van der Waals surface area (Å²) >= 11 is 12.4. The molecule has 0 radical (unpaired) electrons. The second-order valence-electron chi connectivity index (χ2n) is 6.37. The molecule has 1 N–H and O–H groups in total. The van der Waals surface area contributed by atoms with Gasteiger partial charge in [-0.3, -0.25) is 4.90 Å². The van der Waals surface area contributed by atoms with E-state index in [4.69, 9.17) is 23.2 Å². The van der Waals surface area contributed by atoms with Crippen LogP contribution in [0.15, 0.2) is 42.5 Å². The summed E-state index contributed by atoms with van der Waals surface area (Å²) in [5.74, 6) is 0. The van der Waals surface area contributed by atoms with Gasteiger partial charge in [-0.25, -0.2) is 0 Å². The number of nitrogens with one attached hydrogen (secondary N) is 1. The van der Waals surface area contributed by atoms with Gasteiger partial charge >= 0.3 is 0 Å². The van der Waals surface area contributed by atoms with Crippen LogP contribution in [-0.2, 0) is 19.5 Å². The lowest BCUT2D eigenvalue weighted by Crippen LogP contribution is -2.32. The Kier molecular flexibility index (Phi) is 7.57. The number of hydrogen-bond donors (Lipinski definition) is 1. The van der Waals surface area contributed by atoms with E-state index < -0.39 is 0 Å². The zero-order valence-electron chi connectivity index (χ0n) is 14.7. The first-order chi connectivity index (χ1) is 11.5. The van der Waals surface area contributed by atoms with Gasteiger partial charge in [0, 0.05) is 25.7 Å². The van der Waals surface area contributed by atoms with Crippen molar-refractivity contribution in [3.8, 4) is 0 Å². The fourth-order valence-corrected chi connectivity index (χ4v) is 3.14. The Hall–Kier alpha value is -1.06. The SMILES string of the molecule is CNCc1ccc(CN(CCc2cccc(Cl)c2Cl)C(C)C)cc1. The molecular weight excluding hydrogens is 339 g/mol. The van der Waals surface area contributed by atoms with E-state index in [1.165, 1.54) is 11.1 Å². The molecule has 0 fully saturated rings. The largest absolute Gasteiger partial charge is 0.316 e. The molecule has 130 valence electrons. The smallest absolute Gasteiger partial charge is 0.0624 e. The summed E-state index contributed by atoms with van der Waals surface area (Å²) in [5, 5.41) is 4.49. The standard InChI is InChI=1S/C20H26Cl2N2/c1-15(2)24(12-11-18-5-4-6-19(21)20(18)22)14-17-9-7-16(8-10-17)13-23-3/h4-10,15,23H,11-14H2,1-3H3. The number of hydrogen-bond acceptors (Lipinski definition) is 2. The normalized spacial score (nSPS) is 11.5. The Bertz CT molecular complexity index is 639.